The van der Waals surface area contributed by atoms with E-state index in [2.05, 4.69) is 0 Å². The van der Waals surface area contributed by atoms with E-state index in [1.54, 1.807) is 12.1 Å². The Morgan fingerprint density at radius 2 is 0.667 bits per heavy atom. The molecule has 0 aliphatic carbocycles. The van der Waals surface area contributed by atoms with Crippen LogP contribution in [0.1, 0.15) is 94.6 Å². The van der Waals surface area contributed by atoms with Crippen LogP contribution in [-0.4, -0.2) is 25.5 Å². The van der Waals surface area contributed by atoms with E-state index in [1.807, 2.05) is 98.7 Å². The zero-order valence-electron chi connectivity index (χ0n) is 29.7. The maximum absolute atomic E-state index is 11.8. The fraction of sp³-hybridized carbons (Fsp3) is 0.302. The molecule has 0 amide bonds. The van der Waals surface area contributed by atoms with Crippen molar-refractivity contribution in [2.75, 3.05) is 0 Å². The minimum Gasteiger partial charge on any atom is -0.508 e. The van der Waals surface area contributed by atoms with Gasteiger partial charge in [0.2, 0.25) is 0 Å². The summed E-state index contributed by atoms with van der Waals surface area (Å²) in [5, 5.41) is 55.5. The van der Waals surface area contributed by atoms with E-state index < -0.39 is 0 Å². The molecule has 0 aliphatic heterocycles. The first kappa shape index (κ1) is 34.4. The zero-order chi connectivity index (χ0) is 35.2. The molecule has 0 atom stereocenters. The molecule has 0 aromatic heterocycles. The van der Waals surface area contributed by atoms with Gasteiger partial charge in [0.05, 0.1) is 0 Å². The van der Waals surface area contributed by atoms with Crippen LogP contribution in [0.4, 0.5) is 0 Å². The van der Waals surface area contributed by atoms with E-state index in [4.69, 9.17) is 0 Å². The van der Waals surface area contributed by atoms with Gasteiger partial charge in [-0.05, 0) is 141 Å². The average Bonchev–Trinajstić information content (AvgIpc) is 3.04. The molecule has 5 N–H and O–H groups in total. The Morgan fingerprint density at radius 3 is 1.04 bits per heavy atom. The van der Waals surface area contributed by atoms with Crippen molar-refractivity contribution >= 4 is 0 Å². The van der Waals surface area contributed by atoms with Gasteiger partial charge in [-0.2, -0.15) is 0 Å². The maximum atomic E-state index is 11.8. The first-order chi connectivity index (χ1) is 22.6. The van der Waals surface area contributed by atoms with Crippen LogP contribution in [0, 0.1) is 62.3 Å². The first-order valence-corrected chi connectivity index (χ1v) is 16.6. The Balaban J connectivity index is 1.56. The van der Waals surface area contributed by atoms with Crippen molar-refractivity contribution in [3.05, 3.63) is 143 Å². The summed E-state index contributed by atoms with van der Waals surface area (Å²) < 4.78 is 0. The van der Waals surface area contributed by atoms with Gasteiger partial charge < -0.3 is 25.5 Å². The second-order valence-electron chi connectivity index (χ2n) is 13.8. The van der Waals surface area contributed by atoms with E-state index in [1.165, 1.54) is 0 Å². The topological polar surface area (TPSA) is 101 Å². The molecule has 0 radical (unpaired) electrons. The van der Waals surface area contributed by atoms with E-state index in [9.17, 15) is 25.5 Å². The molecule has 48 heavy (non-hydrogen) atoms. The fourth-order valence-electron chi connectivity index (χ4n) is 7.18. The van der Waals surface area contributed by atoms with Gasteiger partial charge in [0.15, 0.2) is 0 Å². The summed E-state index contributed by atoms with van der Waals surface area (Å²) in [6.07, 6.45) is 1.75. The Kier molecular flexibility index (Phi) is 9.55. The second kappa shape index (κ2) is 13.3. The molecule has 5 nitrogen and oxygen atoms in total. The van der Waals surface area contributed by atoms with Gasteiger partial charge in [-0.15, -0.1) is 0 Å². The predicted octanol–water partition coefficient (Wildman–Crippen LogP) is 9.35. The molecule has 0 saturated heterocycles. The lowest BCUT2D eigenvalue weighted by atomic mass is 9.84. The SMILES string of the molecule is Cc1ccc(O)c(Cc2c(C)c(Cc3cc(C)cc(Cc4c(C)c(C)c(O)c(Cc5cc(C)ccc5O)c4C)c3O)c(C)c(C)c2O)c1. The number of aryl methyl sites for hydroxylation is 3. The van der Waals surface area contributed by atoms with Gasteiger partial charge in [-0.1, -0.05) is 53.1 Å². The largest absolute Gasteiger partial charge is 0.508 e. The highest BCUT2D eigenvalue weighted by molar-refractivity contribution is 5.61. The molecule has 0 fully saturated rings. The van der Waals surface area contributed by atoms with Gasteiger partial charge in [0.25, 0.3) is 0 Å². The molecule has 5 heteroatoms. The standard InChI is InChI=1S/C43H48O5/c1-22-10-12-39(44)31(14-22)18-37-29(8)35(25(4)27(6)41(37)46)20-33-16-24(3)17-34(43(33)48)21-36-26(5)28(7)42(47)38(30(36)9)19-32-15-23(2)11-13-40(32)45/h10-17,44-48H,18-21H2,1-9H3. The van der Waals surface area contributed by atoms with Crippen LogP contribution in [-0.2, 0) is 25.7 Å². The third-order valence-corrected chi connectivity index (χ3v) is 10.5. The van der Waals surface area contributed by atoms with E-state index in [-0.39, 0.29) is 28.7 Å². The molecule has 5 rings (SSSR count). The smallest absolute Gasteiger partial charge is 0.122 e. The van der Waals surface area contributed by atoms with Gasteiger partial charge in [-0.25, -0.2) is 0 Å². The molecule has 0 bridgehead atoms. The summed E-state index contributed by atoms with van der Waals surface area (Å²) in [6.45, 7) is 17.9. The number of hydrogen-bond donors (Lipinski definition) is 5. The lowest BCUT2D eigenvalue weighted by Crippen LogP contribution is -2.07. The number of rotatable bonds is 8. The fourth-order valence-corrected chi connectivity index (χ4v) is 7.18. The summed E-state index contributed by atoms with van der Waals surface area (Å²) in [4.78, 5) is 0. The van der Waals surface area contributed by atoms with Gasteiger partial charge in [-0.3, -0.25) is 0 Å². The van der Waals surface area contributed by atoms with Crippen molar-refractivity contribution in [2.45, 2.75) is 88.0 Å². The van der Waals surface area contributed by atoms with Crippen molar-refractivity contribution in [1.82, 2.24) is 0 Å². The summed E-state index contributed by atoms with van der Waals surface area (Å²) in [5.74, 6) is 1.13. The summed E-state index contributed by atoms with van der Waals surface area (Å²) in [6, 6.07) is 15.1. The Bertz CT molecular complexity index is 1920. The van der Waals surface area contributed by atoms with Crippen molar-refractivity contribution in [1.29, 1.82) is 0 Å². The Hall–Kier alpha value is -4.90. The molecule has 5 aromatic carbocycles. The highest BCUT2D eigenvalue weighted by atomic mass is 16.3. The number of aromatic hydroxyl groups is 5. The van der Waals surface area contributed by atoms with Crippen molar-refractivity contribution in [3.63, 3.8) is 0 Å². The molecule has 0 heterocycles. The van der Waals surface area contributed by atoms with Crippen LogP contribution >= 0.6 is 0 Å². The van der Waals surface area contributed by atoms with Crippen molar-refractivity contribution in [3.8, 4) is 28.7 Å². The predicted molar refractivity (Wildman–Crippen MR) is 194 cm³/mol. The normalized spacial score (nSPS) is 11.4. The van der Waals surface area contributed by atoms with Crippen molar-refractivity contribution < 1.29 is 25.5 Å². The van der Waals surface area contributed by atoms with Crippen LogP contribution in [0.5, 0.6) is 28.7 Å². The monoisotopic (exact) mass is 644 g/mol. The first-order valence-electron chi connectivity index (χ1n) is 16.6. The van der Waals surface area contributed by atoms with Gasteiger partial charge >= 0.3 is 0 Å². The number of phenols is 5. The third-order valence-electron chi connectivity index (χ3n) is 10.5. The van der Waals surface area contributed by atoms with Gasteiger partial charge in [0.1, 0.15) is 28.7 Å². The van der Waals surface area contributed by atoms with E-state index in [0.717, 1.165) is 94.6 Å². The number of phenolic OH excluding ortho intramolecular Hbond substituents is 5. The molecule has 0 unspecified atom stereocenters. The maximum Gasteiger partial charge on any atom is 0.122 e. The minimum atomic E-state index is 0.203. The highest BCUT2D eigenvalue weighted by Crippen LogP contribution is 2.40. The molecule has 250 valence electrons. The Labute approximate surface area is 284 Å². The Morgan fingerprint density at radius 1 is 0.333 bits per heavy atom. The van der Waals surface area contributed by atoms with Crippen LogP contribution in [0.15, 0.2) is 48.5 Å². The summed E-state index contributed by atoms with van der Waals surface area (Å²) in [5.41, 5.74) is 15.3. The third kappa shape index (κ3) is 6.47. The van der Waals surface area contributed by atoms with E-state index >= 15 is 0 Å². The van der Waals surface area contributed by atoms with Crippen LogP contribution in [0.25, 0.3) is 0 Å². The summed E-state index contributed by atoms with van der Waals surface area (Å²) in [7, 11) is 0. The quantitative estimate of drug-likeness (QED) is 0.116. The second-order valence-corrected chi connectivity index (χ2v) is 13.8. The highest BCUT2D eigenvalue weighted by Gasteiger charge is 2.23. The van der Waals surface area contributed by atoms with Crippen molar-refractivity contribution in [2.24, 2.45) is 0 Å². The van der Waals surface area contributed by atoms with Gasteiger partial charge in [0, 0.05) is 36.8 Å². The molecular formula is C43H48O5. The van der Waals surface area contributed by atoms with Crippen LogP contribution in [0.2, 0.25) is 0 Å². The average molecular weight is 645 g/mol. The molecule has 0 spiro atoms. The zero-order valence-corrected chi connectivity index (χ0v) is 29.7. The molecule has 0 saturated carbocycles. The van der Waals surface area contributed by atoms with Crippen LogP contribution in [0.3, 0.4) is 0 Å². The summed E-state index contributed by atoms with van der Waals surface area (Å²) >= 11 is 0. The number of hydrogen-bond acceptors (Lipinski definition) is 5. The lowest BCUT2D eigenvalue weighted by Gasteiger charge is -2.22. The molecule has 5 aromatic rings. The lowest BCUT2D eigenvalue weighted by molar-refractivity contribution is 0.458. The van der Waals surface area contributed by atoms with Crippen LogP contribution < -0.4 is 0 Å². The number of benzene rings is 5. The molecular weight excluding hydrogens is 596 g/mol. The van der Waals surface area contributed by atoms with E-state index in [0.29, 0.717) is 25.7 Å². The molecule has 0 aliphatic rings. The minimum absolute atomic E-state index is 0.203.